The van der Waals surface area contributed by atoms with Crippen LogP contribution < -0.4 is 4.74 Å². The fourth-order valence-electron chi connectivity index (χ4n) is 5.17. The van der Waals surface area contributed by atoms with E-state index in [0.29, 0.717) is 17.0 Å². The summed E-state index contributed by atoms with van der Waals surface area (Å²) >= 11 is 0. The molecule has 0 unspecified atom stereocenters. The lowest BCUT2D eigenvalue weighted by atomic mass is 9.80. The van der Waals surface area contributed by atoms with Crippen LogP contribution in [0.15, 0.2) is 36.4 Å². The minimum atomic E-state index is -0.378. The molecule has 35 heavy (non-hydrogen) atoms. The average Bonchev–Trinajstić information content (AvgIpc) is 2.88. The zero-order chi connectivity index (χ0) is 24.9. The summed E-state index contributed by atoms with van der Waals surface area (Å²) in [6.45, 7) is 4.45. The van der Waals surface area contributed by atoms with Gasteiger partial charge in [0.05, 0.1) is 11.6 Å². The molecule has 1 aliphatic carbocycles. The van der Waals surface area contributed by atoms with Gasteiger partial charge in [-0.05, 0) is 74.8 Å². The normalized spacial score (nSPS) is 17.9. The number of rotatable bonds is 14. The topological polar surface area (TPSA) is 39.2 Å². The Morgan fingerprint density at radius 3 is 2.20 bits per heavy atom. The Morgan fingerprint density at radius 1 is 0.857 bits per heavy atom. The van der Waals surface area contributed by atoms with Crippen molar-refractivity contribution in [2.45, 2.75) is 110 Å². The minimum absolute atomic E-state index is 0.00653. The van der Waals surface area contributed by atoms with Crippen molar-refractivity contribution in [3.8, 4) is 17.0 Å². The van der Waals surface area contributed by atoms with Gasteiger partial charge in [-0.1, -0.05) is 77.7 Å². The molecule has 192 valence electrons. The van der Waals surface area contributed by atoms with Gasteiger partial charge in [-0.2, -0.15) is 4.39 Å². The van der Waals surface area contributed by atoms with Crippen LogP contribution in [0.5, 0.6) is 5.75 Å². The van der Waals surface area contributed by atoms with E-state index >= 15 is 0 Å². The molecule has 2 aromatic rings. The van der Waals surface area contributed by atoms with Crippen molar-refractivity contribution in [3.63, 3.8) is 0 Å². The van der Waals surface area contributed by atoms with Crippen LogP contribution >= 0.6 is 0 Å². The lowest BCUT2D eigenvalue weighted by Crippen LogP contribution is -2.25. The molecule has 1 saturated carbocycles. The number of carbonyl (C=O) groups is 1. The number of hydrogen-bond acceptors (Lipinski definition) is 3. The molecule has 4 heteroatoms. The number of ether oxygens (including phenoxy) is 1. The van der Waals surface area contributed by atoms with Crippen molar-refractivity contribution in [1.82, 2.24) is 4.98 Å². The predicted octanol–water partition coefficient (Wildman–Crippen LogP) is 9.08. The average molecular weight is 482 g/mol. The molecule has 1 aromatic carbocycles. The first-order valence-electron chi connectivity index (χ1n) is 14.1. The lowest BCUT2D eigenvalue weighted by molar-refractivity contribution is -0.140. The zero-order valence-electron chi connectivity index (χ0n) is 21.9. The number of aromatic nitrogens is 1. The molecule has 0 spiro atoms. The maximum absolute atomic E-state index is 14.6. The van der Waals surface area contributed by atoms with Gasteiger partial charge in [0.1, 0.15) is 5.75 Å². The van der Waals surface area contributed by atoms with Gasteiger partial charge >= 0.3 is 5.97 Å². The van der Waals surface area contributed by atoms with E-state index in [0.717, 1.165) is 56.4 Å². The highest BCUT2D eigenvalue weighted by atomic mass is 19.1. The summed E-state index contributed by atoms with van der Waals surface area (Å²) < 4.78 is 20.2. The molecule has 1 heterocycles. The van der Waals surface area contributed by atoms with Gasteiger partial charge in [0.2, 0.25) is 5.95 Å². The molecular weight excluding hydrogens is 437 g/mol. The first-order valence-corrected chi connectivity index (χ1v) is 14.1. The molecule has 1 fully saturated rings. The third-order valence-corrected chi connectivity index (χ3v) is 7.49. The summed E-state index contributed by atoms with van der Waals surface area (Å²) in [5.74, 6) is 0.829. The van der Waals surface area contributed by atoms with Crippen LogP contribution in [-0.4, -0.2) is 11.0 Å². The van der Waals surface area contributed by atoms with Crippen molar-refractivity contribution in [3.05, 3.63) is 47.9 Å². The van der Waals surface area contributed by atoms with Gasteiger partial charge < -0.3 is 4.74 Å². The second kappa shape index (κ2) is 15.0. The maximum atomic E-state index is 14.6. The molecular formula is C31H44FNO2. The molecule has 0 radical (unpaired) electrons. The number of hydrogen-bond donors (Lipinski definition) is 0. The summed E-state index contributed by atoms with van der Waals surface area (Å²) in [7, 11) is 0. The number of aryl methyl sites for hydroxylation is 1. The van der Waals surface area contributed by atoms with Crippen molar-refractivity contribution >= 4 is 5.97 Å². The van der Waals surface area contributed by atoms with Crippen LogP contribution in [0.3, 0.4) is 0 Å². The highest BCUT2D eigenvalue weighted by Crippen LogP contribution is 2.33. The first kappa shape index (κ1) is 27.4. The van der Waals surface area contributed by atoms with Crippen molar-refractivity contribution in [2.24, 2.45) is 11.8 Å². The van der Waals surface area contributed by atoms with Crippen LogP contribution in [0.4, 0.5) is 4.39 Å². The summed E-state index contributed by atoms with van der Waals surface area (Å²) in [6, 6.07) is 11.0. The molecule has 0 bridgehead atoms. The Bertz CT molecular complexity index is 887. The fraction of sp³-hybridized carbons (Fsp3) is 0.613. The monoisotopic (exact) mass is 481 g/mol. The molecule has 0 saturated heterocycles. The third kappa shape index (κ3) is 9.05. The van der Waals surface area contributed by atoms with Crippen LogP contribution in [0, 0.1) is 17.8 Å². The van der Waals surface area contributed by atoms with E-state index in [1.165, 1.54) is 51.4 Å². The van der Waals surface area contributed by atoms with Gasteiger partial charge in [0.25, 0.3) is 0 Å². The zero-order valence-corrected chi connectivity index (χ0v) is 21.9. The molecule has 0 amide bonds. The highest BCUT2D eigenvalue weighted by Gasteiger charge is 2.27. The quantitative estimate of drug-likeness (QED) is 0.117. The predicted molar refractivity (Wildman–Crippen MR) is 142 cm³/mol. The molecule has 3 nitrogen and oxygen atoms in total. The number of unbranched alkanes of at least 4 members (excludes halogenated alkanes) is 7. The van der Waals surface area contributed by atoms with Crippen LogP contribution in [0.1, 0.15) is 109 Å². The number of nitrogens with zero attached hydrogens (tertiary/aromatic N) is 1. The standard InChI is InChI=1S/C31H44FNO2/c1-3-5-7-8-9-11-13-26-20-23-29(33-30(26)32)25-18-21-28(22-19-25)35-31(34)27-16-14-24(15-17-27)12-10-6-4-2/h18-24,27H,3-17H2,1-2H3/t24-,27-. The van der Waals surface area contributed by atoms with Crippen LogP contribution in [0.2, 0.25) is 0 Å². The Morgan fingerprint density at radius 2 is 1.51 bits per heavy atom. The molecule has 0 atom stereocenters. The molecule has 0 aliphatic heterocycles. The number of carbonyl (C=O) groups excluding carboxylic acids is 1. The second-order valence-corrected chi connectivity index (χ2v) is 10.3. The van der Waals surface area contributed by atoms with Gasteiger partial charge in [0.15, 0.2) is 0 Å². The second-order valence-electron chi connectivity index (χ2n) is 10.3. The van der Waals surface area contributed by atoms with Gasteiger partial charge in [-0.3, -0.25) is 4.79 Å². The van der Waals surface area contributed by atoms with Crippen LogP contribution in [-0.2, 0) is 11.2 Å². The number of benzene rings is 1. The van der Waals surface area contributed by atoms with E-state index < -0.39 is 0 Å². The largest absolute Gasteiger partial charge is 0.426 e. The summed E-state index contributed by atoms with van der Waals surface area (Å²) in [5.41, 5.74) is 2.12. The smallest absolute Gasteiger partial charge is 0.314 e. The van der Waals surface area contributed by atoms with E-state index in [2.05, 4.69) is 18.8 Å². The number of halogens is 1. The molecule has 0 N–H and O–H groups in total. The summed E-state index contributed by atoms with van der Waals surface area (Å²) in [6.07, 6.45) is 17.2. The minimum Gasteiger partial charge on any atom is -0.426 e. The SMILES string of the molecule is CCCCCCCCc1ccc(-c2ccc(OC(=O)[C@H]3CC[C@H](CCCCC)CC3)cc2)nc1F. The van der Waals surface area contributed by atoms with Crippen molar-refractivity contribution < 1.29 is 13.9 Å². The molecule has 3 rings (SSSR count). The summed E-state index contributed by atoms with van der Waals surface area (Å²) in [5, 5.41) is 0. The number of esters is 1. The number of pyridine rings is 1. The van der Waals surface area contributed by atoms with Crippen molar-refractivity contribution in [2.75, 3.05) is 0 Å². The lowest BCUT2D eigenvalue weighted by Gasteiger charge is -2.27. The Kier molecular flexibility index (Phi) is 11.7. The Hall–Kier alpha value is -2.23. The first-order chi connectivity index (χ1) is 17.1. The van der Waals surface area contributed by atoms with E-state index in [4.69, 9.17) is 4.74 Å². The van der Waals surface area contributed by atoms with Gasteiger partial charge in [-0.25, -0.2) is 4.98 Å². The van der Waals surface area contributed by atoms with E-state index in [1.807, 2.05) is 24.3 Å². The van der Waals surface area contributed by atoms with Gasteiger partial charge in [-0.15, -0.1) is 0 Å². The highest BCUT2D eigenvalue weighted by molar-refractivity contribution is 5.75. The van der Waals surface area contributed by atoms with Crippen LogP contribution in [0.25, 0.3) is 11.3 Å². The van der Waals surface area contributed by atoms with E-state index in [-0.39, 0.29) is 17.8 Å². The Balaban J connectivity index is 1.45. The molecule has 1 aliphatic rings. The van der Waals surface area contributed by atoms with E-state index in [9.17, 15) is 9.18 Å². The molecule has 1 aromatic heterocycles. The maximum Gasteiger partial charge on any atom is 0.314 e. The third-order valence-electron chi connectivity index (χ3n) is 7.49. The fourth-order valence-corrected chi connectivity index (χ4v) is 5.17. The van der Waals surface area contributed by atoms with E-state index in [1.54, 1.807) is 12.1 Å². The van der Waals surface area contributed by atoms with Gasteiger partial charge in [0, 0.05) is 11.1 Å². The Labute approximate surface area is 211 Å². The summed E-state index contributed by atoms with van der Waals surface area (Å²) in [4.78, 5) is 16.8. The van der Waals surface area contributed by atoms with Crippen molar-refractivity contribution in [1.29, 1.82) is 0 Å².